The van der Waals surface area contributed by atoms with Gasteiger partial charge in [0.2, 0.25) is 0 Å². The van der Waals surface area contributed by atoms with Crippen LogP contribution >= 0.6 is 0 Å². The average Bonchev–Trinajstić information content (AvgIpc) is 2.94. The number of carbonyl (C=O) groups is 1. The van der Waals surface area contributed by atoms with Crippen molar-refractivity contribution >= 4 is 5.91 Å². The SMILES string of the molecule is C[C@@H]1CN(C2CC2)C[C@H]1NC(=O)c1cc(C2CCCC2)on1. The molecular weight excluding hydrogens is 278 g/mol. The second kappa shape index (κ2) is 5.69. The van der Waals surface area contributed by atoms with E-state index in [1.165, 1.54) is 25.7 Å². The van der Waals surface area contributed by atoms with Gasteiger partial charge in [-0.1, -0.05) is 24.9 Å². The van der Waals surface area contributed by atoms with E-state index in [2.05, 4.69) is 22.3 Å². The van der Waals surface area contributed by atoms with E-state index in [4.69, 9.17) is 4.52 Å². The monoisotopic (exact) mass is 303 g/mol. The number of hydrogen-bond donors (Lipinski definition) is 1. The van der Waals surface area contributed by atoms with Gasteiger partial charge < -0.3 is 9.84 Å². The number of likely N-dealkylation sites (tertiary alicyclic amines) is 1. The molecule has 120 valence electrons. The molecule has 2 aliphatic carbocycles. The summed E-state index contributed by atoms with van der Waals surface area (Å²) in [5.41, 5.74) is 0.443. The summed E-state index contributed by atoms with van der Waals surface area (Å²) in [4.78, 5) is 14.9. The third-order valence-electron chi connectivity index (χ3n) is 5.54. The van der Waals surface area contributed by atoms with Crippen LogP contribution in [0.2, 0.25) is 0 Å². The maximum absolute atomic E-state index is 12.4. The Morgan fingerprint density at radius 3 is 2.77 bits per heavy atom. The summed E-state index contributed by atoms with van der Waals surface area (Å²) >= 11 is 0. The van der Waals surface area contributed by atoms with Gasteiger partial charge in [-0.25, -0.2) is 0 Å². The number of nitrogens with one attached hydrogen (secondary N) is 1. The molecule has 0 bridgehead atoms. The fraction of sp³-hybridized carbons (Fsp3) is 0.765. The molecule has 2 saturated carbocycles. The van der Waals surface area contributed by atoms with Crippen molar-refractivity contribution in [3.63, 3.8) is 0 Å². The van der Waals surface area contributed by atoms with Crippen molar-refractivity contribution in [2.45, 2.75) is 63.5 Å². The Bertz CT molecular complexity index is 546. The predicted molar refractivity (Wildman–Crippen MR) is 82.7 cm³/mol. The molecule has 5 nitrogen and oxygen atoms in total. The van der Waals surface area contributed by atoms with Gasteiger partial charge in [0.15, 0.2) is 5.69 Å². The summed E-state index contributed by atoms with van der Waals surface area (Å²) < 4.78 is 5.41. The molecule has 0 radical (unpaired) electrons. The smallest absolute Gasteiger partial charge is 0.273 e. The van der Waals surface area contributed by atoms with E-state index in [0.29, 0.717) is 17.5 Å². The minimum absolute atomic E-state index is 0.0810. The second-order valence-electron chi connectivity index (χ2n) is 7.34. The number of carbonyl (C=O) groups excluding carboxylic acids is 1. The molecule has 3 fully saturated rings. The molecule has 2 heterocycles. The van der Waals surface area contributed by atoms with Crippen LogP contribution in [-0.4, -0.2) is 41.1 Å². The van der Waals surface area contributed by atoms with E-state index in [1.54, 1.807) is 0 Å². The fourth-order valence-corrected chi connectivity index (χ4v) is 3.97. The van der Waals surface area contributed by atoms with Crippen LogP contribution in [0.4, 0.5) is 0 Å². The molecule has 4 rings (SSSR count). The highest BCUT2D eigenvalue weighted by Crippen LogP contribution is 2.34. The normalized spacial score (nSPS) is 30.0. The van der Waals surface area contributed by atoms with Gasteiger partial charge in [0.05, 0.1) is 0 Å². The van der Waals surface area contributed by atoms with E-state index in [0.717, 1.165) is 37.7 Å². The van der Waals surface area contributed by atoms with Gasteiger partial charge in [0.25, 0.3) is 5.91 Å². The zero-order valence-electron chi connectivity index (χ0n) is 13.3. The van der Waals surface area contributed by atoms with Gasteiger partial charge in [-0.05, 0) is 31.6 Å². The quantitative estimate of drug-likeness (QED) is 0.928. The maximum Gasteiger partial charge on any atom is 0.273 e. The fourth-order valence-electron chi connectivity index (χ4n) is 3.97. The largest absolute Gasteiger partial charge is 0.360 e. The van der Waals surface area contributed by atoms with E-state index in [-0.39, 0.29) is 11.9 Å². The van der Waals surface area contributed by atoms with Crippen LogP contribution < -0.4 is 5.32 Å². The first-order chi connectivity index (χ1) is 10.7. The van der Waals surface area contributed by atoms with E-state index in [1.807, 2.05) is 6.07 Å². The van der Waals surface area contributed by atoms with E-state index in [9.17, 15) is 4.79 Å². The van der Waals surface area contributed by atoms with Crippen molar-refractivity contribution in [1.82, 2.24) is 15.4 Å². The molecule has 1 aromatic rings. The van der Waals surface area contributed by atoms with Crippen molar-refractivity contribution in [2.75, 3.05) is 13.1 Å². The van der Waals surface area contributed by atoms with Crippen molar-refractivity contribution in [1.29, 1.82) is 0 Å². The van der Waals surface area contributed by atoms with Crippen LogP contribution in [0, 0.1) is 5.92 Å². The highest BCUT2D eigenvalue weighted by molar-refractivity contribution is 5.92. The van der Waals surface area contributed by atoms with Gasteiger partial charge in [0.1, 0.15) is 5.76 Å². The first kappa shape index (κ1) is 14.2. The molecular formula is C17H25N3O2. The zero-order chi connectivity index (χ0) is 15.1. The van der Waals surface area contributed by atoms with Crippen LogP contribution in [0.5, 0.6) is 0 Å². The lowest BCUT2D eigenvalue weighted by molar-refractivity contribution is 0.0922. The molecule has 2 atom stereocenters. The van der Waals surface area contributed by atoms with Crippen molar-refractivity contribution < 1.29 is 9.32 Å². The maximum atomic E-state index is 12.4. The zero-order valence-corrected chi connectivity index (χ0v) is 13.3. The summed E-state index contributed by atoms with van der Waals surface area (Å²) in [5, 5.41) is 7.15. The standard InChI is InChI=1S/C17H25N3O2/c1-11-9-20(13-6-7-13)10-15(11)18-17(21)14-8-16(22-19-14)12-4-2-3-5-12/h8,11-13,15H,2-7,9-10H2,1H3,(H,18,21)/t11-,15-/m1/s1. The number of aromatic nitrogens is 1. The van der Waals surface area contributed by atoms with Gasteiger partial charge in [0, 0.05) is 37.2 Å². The van der Waals surface area contributed by atoms with E-state index >= 15 is 0 Å². The van der Waals surface area contributed by atoms with Crippen LogP contribution in [0.15, 0.2) is 10.6 Å². The minimum Gasteiger partial charge on any atom is -0.360 e. The molecule has 0 spiro atoms. The molecule has 0 aromatic carbocycles. The molecule has 22 heavy (non-hydrogen) atoms. The molecule has 1 N–H and O–H groups in total. The predicted octanol–water partition coefficient (Wildman–Crippen LogP) is 2.54. The van der Waals surface area contributed by atoms with Crippen LogP contribution in [0.3, 0.4) is 0 Å². The van der Waals surface area contributed by atoms with Crippen molar-refractivity contribution in [2.24, 2.45) is 5.92 Å². The molecule has 1 saturated heterocycles. The minimum atomic E-state index is -0.0810. The van der Waals surface area contributed by atoms with Crippen molar-refractivity contribution in [3.05, 3.63) is 17.5 Å². The summed E-state index contributed by atoms with van der Waals surface area (Å²) in [5.74, 6) is 1.78. The molecule has 0 unspecified atom stereocenters. The third-order valence-corrected chi connectivity index (χ3v) is 5.54. The highest BCUT2D eigenvalue weighted by atomic mass is 16.5. The average molecular weight is 303 g/mol. The Morgan fingerprint density at radius 1 is 1.27 bits per heavy atom. The van der Waals surface area contributed by atoms with Gasteiger partial charge in [-0.3, -0.25) is 9.69 Å². The van der Waals surface area contributed by atoms with E-state index < -0.39 is 0 Å². The molecule has 5 heteroatoms. The molecule has 3 aliphatic rings. The Hall–Kier alpha value is -1.36. The van der Waals surface area contributed by atoms with Gasteiger partial charge >= 0.3 is 0 Å². The topological polar surface area (TPSA) is 58.4 Å². The second-order valence-corrected chi connectivity index (χ2v) is 7.34. The first-order valence-electron chi connectivity index (χ1n) is 8.72. The summed E-state index contributed by atoms with van der Waals surface area (Å²) in [6.45, 7) is 4.30. The Morgan fingerprint density at radius 2 is 2.05 bits per heavy atom. The van der Waals surface area contributed by atoms with Gasteiger partial charge in [-0.15, -0.1) is 0 Å². The number of rotatable bonds is 4. The van der Waals surface area contributed by atoms with Gasteiger partial charge in [-0.2, -0.15) is 0 Å². The summed E-state index contributed by atoms with van der Waals surface area (Å²) in [7, 11) is 0. The van der Waals surface area contributed by atoms with Crippen LogP contribution in [0.1, 0.15) is 67.6 Å². The lowest BCUT2D eigenvalue weighted by Gasteiger charge is -2.16. The highest BCUT2D eigenvalue weighted by Gasteiger charge is 2.39. The molecule has 1 aliphatic heterocycles. The molecule has 1 amide bonds. The number of hydrogen-bond acceptors (Lipinski definition) is 4. The van der Waals surface area contributed by atoms with Crippen LogP contribution in [-0.2, 0) is 0 Å². The lowest BCUT2D eigenvalue weighted by Crippen LogP contribution is -2.40. The van der Waals surface area contributed by atoms with Crippen LogP contribution in [0.25, 0.3) is 0 Å². The Balaban J connectivity index is 1.37. The number of amides is 1. The Labute approximate surface area is 131 Å². The van der Waals surface area contributed by atoms with Crippen molar-refractivity contribution in [3.8, 4) is 0 Å². The third kappa shape index (κ3) is 2.78. The first-order valence-corrected chi connectivity index (χ1v) is 8.72. The lowest BCUT2D eigenvalue weighted by atomic mass is 10.0. The Kier molecular flexibility index (Phi) is 3.68. The molecule has 1 aromatic heterocycles. The number of nitrogens with zero attached hydrogens (tertiary/aromatic N) is 2. The summed E-state index contributed by atoms with van der Waals surface area (Å²) in [6.07, 6.45) is 7.47. The summed E-state index contributed by atoms with van der Waals surface area (Å²) in [6, 6.07) is 2.86.